The van der Waals surface area contributed by atoms with Crippen molar-refractivity contribution in [3.63, 3.8) is 0 Å². The van der Waals surface area contributed by atoms with E-state index in [9.17, 15) is 0 Å². The van der Waals surface area contributed by atoms with Gasteiger partial charge in [-0.1, -0.05) is 25.0 Å². The van der Waals surface area contributed by atoms with E-state index in [2.05, 4.69) is 30.5 Å². The molecule has 0 fully saturated rings. The summed E-state index contributed by atoms with van der Waals surface area (Å²) in [5.74, 6) is 1.03. The van der Waals surface area contributed by atoms with Crippen LogP contribution in [0, 0.1) is 0 Å². The van der Waals surface area contributed by atoms with Crippen molar-refractivity contribution in [3.8, 4) is 0 Å². The molecule has 0 spiro atoms. The smallest absolute Gasteiger partial charge is 0.00601 e. The van der Waals surface area contributed by atoms with E-state index in [-0.39, 0.29) is 0 Å². The van der Waals surface area contributed by atoms with Crippen molar-refractivity contribution >= 4 is 12.6 Å². The highest BCUT2D eigenvalue weighted by atomic mass is 32.1. The summed E-state index contributed by atoms with van der Waals surface area (Å²) >= 11 is 4.18. The monoisotopic (exact) mass is 180 g/mol. The summed E-state index contributed by atoms with van der Waals surface area (Å²) in [5.41, 5.74) is 4.57. The van der Waals surface area contributed by atoms with E-state index in [1.807, 2.05) is 6.08 Å². The zero-order valence-electron chi connectivity index (χ0n) is 7.42. The Morgan fingerprint density at radius 3 is 2.67 bits per heavy atom. The summed E-state index contributed by atoms with van der Waals surface area (Å²) in [6, 6.07) is 0. The van der Waals surface area contributed by atoms with Crippen LogP contribution in [0.4, 0.5) is 0 Å². The van der Waals surface area contributed by atoms with Crippen molar-refractivity contribution < 1.29 is 0 Å². The van der Waals surface area contributed by atoms with E-state index in [0.29, 0.717) is 0 Å². The largest absolute Gasteiger partial charge is 0.179 e. The molecule has 0 aliphatic heterocycles. The molecule has 1 heteroatoms. The lowest BCUT2D eigenvalue weighted by molar-refractivity contribution is 0.673. The quantitative estimate of drug-likeness (QED) is 0.361. The Balaban J connectivity index is 1.96. The molecular formula is C11H16S. The maximum atomic E-state index is 4.18. The SMILES string of the molecule is SCCCCCCC1=C=CC=C1. The third-order valence-corrected chi connectivity index (χ3v) is 2.33. The molecule has 1 rings (SSSR count). The number of thiol groups is 1. The van der Waals surface area contributed by atoms with Crippen LogP contribution in [0.3, 0.4) is 0 Å². The third-order valence-electron chi connectivity index (χ3n) is 2.02. The molecule has 0 N–H and O–H groups in total. The van der Waals surface area contributed by atoms with Crippen LogP contribution in [0.5, 0.6) is 0 Å². The van der Waals surface area contributed by atoms with Gasteiger partial charge in [0.25, 0.3) is 0 Å². The van der Waals surface area contributed by atoms with Crippen molar-refractivity contribution in [1.29, 1.82) is 0 Å². The van der Waals surface area contributed by atoms with Gasteiger partial charge in [-0.25, -0.2) is 0 Å². The number of rotatable bonds is 6. The lowest BCUT2D eigenvalue weighted by Crippen LogP contribution is -1.80. The number of hydrogen-bond acceptors (Lipinski definition) is 1. The van der Waals surface area contributed by atoms with Gasteiger partial charge >= 0.3 is 0 Å². The van der Waals surface area contributed by atoms with Crippen molar-refractivity contribution in [2.24, 2.45) is 0 Å². The Labute approximate surface area is 80.5 Å². The molecule has 0 atom stereocenters. The first-order chi connectivity index (χ1) is 5.93. The molecule has 0 amide bonds. The highest BCUT2D eigenvalue weighted by molar-refractivity contribution is 7.80. The second-order valence-electron chi connectivity index (χ2n) is 3.08. The van der Waals surface area contributed by atoms with Gasteiger partial charge in [-0.2, -0.15) is 12.6 Å². The first-order valence-electron chi connectivity index (χ1n) is 4.66. The van der Waals surface area contributed by atoms with E-state index in [4.69, 9.17) is 0 Å². The lowest BCUT2D eigenvalue weighted by atomic mass is 10.1. The maximum absolute atomic E-state index is 4.18. The first kappa shape index (κ1) is 9.70. The average Bonchev–Trinajstić information content (AvgIpc) is 2.57. The maximum Gasteiger partial charge on any atom is -0.00601 e. The van der Waals surface area contributed by atoms with Gasteiger partial charge in [-0.3, -0.25) is 0 Å². The first-order valence-corrected chi connectivity index (χ1v) is 5.30. The number of allylic oxidation sites excluding steroid dienone is 3. The molecule has 0 unspecified atom stereocenters. The van der Waals surface area contributed by atoms with Crippen LogP contribution >= 0.6 is 12.6 Å². The number of unbranched alkanes of at least 4 members (excludes halogenated alkanes) is 3. The van der Waals surface area contributed by atoms with Crippen molar-refractivity contribution in [1.82, 2.24) is 0 Å². The molecule has 1 aliphatic carbocycles. The molecule has 0 nitrogen and oxygen atoms in total. The van der Waals surface area contributed by atoms with Crippen LogP contribution < -0.4 is 0 Å². The van der Waals surface area contributed by atoms with Crippen molar-refractivity contribution in [2.45, 2.75) is 32.1 Å². The van der Waals surface area contributed by atoms with Gasteiger partial charge in [0.15, 0.2) is 0 Å². The topological polar surface area (TPSA) is 0 Å². The van der Waals surface area contributed by atoms with Gasteiger partial charge in [0.1, 0.15) is 0 Å². The second-order valence-corrected chi connectivity index (χ2v) is 3.53. The van der Waals surface area contributed by atoms with Crippen LogP contribution in [0.2, 0.25) is 0 Å². The summed E-state index contributed by atoms with van der Waals surface area (Å²) in [7, 11) is 0. The molecule has 0 aromatic rings. The summed E-state index contributed by atoms with van der Waals surface area (Å²) in [4.78, 5) is 0. The molecule has 66 valence electrons. The Bertz CT molecular complexity index is 207. The van der Waals surface area contributed by atoms with E-state index >= 15 is 0 Å². The minimum atomic E-state index is 1.03. The second kappa shape index (κ2) is 6.16. The Morgan fingerprint density at radius 1 is 1.17 bits per heavy atom. The molecule has 1 aliphatic rings. The van der Waals surface area contributed by atoms with Crippen LogP contribution in [-0.4, -0.2) is 5.75 Å². The minimum Gasteiger partial charge on any atom is -0.179 e. The summed E-state index contributed by atoms with van der Waals surface area (Å²) < 4.78 is 0. The fourth-order valence-electron chi connectivity index (χ4n) is 1.30. The molecular weight excluding hydrogens is 164 g/mol. The predicted octanol–water partition coefficient (Wildman–Crippen LogP) is 3.52. The van der Waals surface area contributed by atoms with Crippen molar-refractivity contribution in [3.05, 3.63) is 29.5 Å². The molecule has 0 radical (unpaired) electrons. The molecule has 0 aromatic heterocycles. The summed E-state index contributed by atoms with van der Waals surface area (Å²) in [6.07, 6.45) is 12.6. The Morgan fingerprint density at radius 2 is 2.00 bits per heavy atom. The molecule has 12 heavy (non-hydrogen) atoms. The van der Waals surface area contributed by atoms with E-state index in [0.717, 1.165) is 5.75 Å². The lowest BCUT2D eigenvalue weighted by Gasteiger charge is -1.98. The standard InChI is InChI=1S/C11H16S/c12-10-6-2-1-3-7-11-8-4-5-9-11/h4-5,8,12H,1-3,6-7,10H2. The summed E-state index contributed by atoms with van der Waals surface area (Å²) in [6.45, 7) is 0. The zero-order valence-corrected chi connectivity index (χ0v) is 8.32. The summed E-state index contributed by atoms with van der Waals surface area (Å²) in [5, 5.41) is 0. The van der Waals surface area contributed by atoms with Gasteiger partial charge in [-0.15, -0.1) is 5.73 Å². The predicted molar refractivity (Wildman–Crippen MR) is 57.7 cm³/mol. The fourth-order valence-corrected chi connectivity index (χ4v) is 1.53. The van der Waals surface area contributed by atoms with Gasteiger partial charge in [0, 0.05) is 0 Å². The fraction of sp³-hybridized carbons (Fsp3) is 0.545. The molecule has 0 saturated carbocycles. The van der Waals surface area contributed by atoms with Gasteiger partial charge in [0.05, 0.1) is 0 Å². The van der Waals surface area contributed by atoms with E-state index in [1.165, 1.54) is 37.7 Å². The zero-order chi connectivity index (χ0) is 8.65. The molecule has 0 saturated heterocycles. The normalized spacial score (nSPS) is 13.9. The van der Waals surface area contributed by atoms with Gasteiger partial charge < -0.3 is 0 Å². The molecule has 0 bridgehead atoms. The van der Waals surface area contributed by atoms with Crippen molar-refractivity contribution in [2.75, 3.05) is 5.75 Å². The Kier molecular flexibility index (Phi) is 4.98. The highest BCUT2D eigenvalue weighted by Gasteiger charge is 1.94. The van der Waals surface area contributed by atoms with E-state index < -0.39 is 0 Å². The van der Waals surface area contributed by atoms with Gasteiger partial charge in [-0.05, 0) is 36.7 Å². The van der Waals surface area contributed by atoms with Crippen LogP contribution in [0.25, 0.3) is 0 Å². The Hall–Kier alpha value is -0.390. The van der Waals surface area contributed by atoms with Crippen LogP contribution in [0.15, 0.2) is 29.5 Å². The van der Waals surface area contributed by atoms with Crippen LogP contribution in [-0.2, 0) is 0 Å². The highest BCUT2D eigenvalue weighted by Crippen LogP contribution is 2.12. The van der Waals surface area contributed by atoms with Gasteiger partial charge in [0.2, 0.25) is 0 Å². The van der Waals surface area contributed by atoms with E-state index in [1.54, 1.807) is 0 Å². The molecule has 0 aromatic carbocycles. The third kappa shape index (κ3) is 3.85. The minimum absolute atomic E-state index is 1.03. The molecule has 0 heterocycles. The average molecular weight is 180 g/mol. The number of hydrogen-bond donors (Lipinski definition) is 1. The van der Waals surface area contributed by atoms with Crippen LogP contribution in [0.1, 0.15) is 32.1 Å².